The molecular weight excluding hydrogens is 368 g/mol. The van der Waals surface area contributed by atoms with Gasteiger partial charge in [0.05, 0.1) is 5.56 Å². The molecule has 26 heavy (non-hydrogen) atoms. The van der Waals surface area contributed by atoms with Crippen LogP contribution in [0, 0.1) is 46.5 Å². The van der Waals surface area contributed by atoms with Gasteiger partial charge in [0.2, 0.25) is 0 Å². The Morgan fingerprint density at radius 3 is 1.19 bits per heavy atom. The standard InChI is InChI=1S/C18H14F8/c1-5(2)7-9(14(22)18(26)17(25)12(7)20)10-11(19)8(6(3)4)13(21)16(24)15(10)23/h5-6H,1-4H3. The lowest BCUT2D eigenvalue weighted by Crippen LogP contribution is -2.13. The summed E-state index contributed by atoms with van der Waals surface area (Å²) in [6, 6.07) is 0. The lowest BCUT2D eigenvalue weighted by atomic mass is 9.88. The van der Waals surface area contributed by atoms with Gasteiger partial charge in [-0.1, -0.05) is 27.7 Å². The average Bonchev–Trinajstić information content (AvgIpc) is 2.55. The Morgan fingerprint density at radius 2 is 0.731 bits per heavy atom. The number of hydrogen-bond acceptors (Lipinski definition) is 0. The van der Waals surface area contributed by atoms with E-state index < -0.39 is 80.6 Å². The normalized spacial score (nSPS) is 11.8. The van der Waals surface area contributed by atoms with Crippen molar-refractivity contribution in [2.45, 2.75) is 39.5 Å². The van der Waals surface area contributed by atoms with Crippen LogP contribution in [0.2, 0.25) is 0 Å². The molecule has 2 aromatic rings. The maximum Gasteiger partial charge on any atom is 0.198 e. The van der Waals surface area contributed by atoms with Crippen LogP contribution in [0.4, 0.5) is 35.1 Å². The van der Waals surface area contributed by atoms with Crippen LogP contribution in [0.5, 0.6) is 0 Å². The summed E-state index contributed by atoms with van der Waals surface area (Å²) in [6.45, 7) is 4.98. The van der Waals surface area contributed by atoms with Gasteiger partial charge in [0, 0.05) is 16.7 Å². The Kier molecular flexibility index (Phi) is 5.35. The Labute approximate surface area is 144 Å². The van der Waals surface area contributed by atoms with Crippen LogP contribution in [-0.4, -0.2) is 0 Å². The van der Waals surface area contributed by atoms with E-state index in [0.717, 1.165) is 0 Å². The van der Waals surface area contributed by atoms with Crippen molar-refractivity contribution in [1.29, 1.82) is 0 Å². The summed E-state index contributed by atoms with van der Waals surface area (Å²) in [4.78, 5) is 0. The summed E-state index contributed by atoms with van der Waals surface area (Å²) in [5.41, 5.74) is -4.60. The Morgan fingerprint density at radius 1 is 0.385 bits per heavy atom. The molecule has 0 bridgehead atoms. The van der Waals surface area contributed by atoms with Crippen molar-refractivity contribution >= 4 is 0 Å². The van der Waals surface area contributed by atoms with Crippen molar-refractivity contribution < 1.29 is 35.1 Å². The number of halogens is 8. The molecule has 0 aliphatic rings. The van der Waals surface area contributed by atoms with Crippen LogP contribution < -0.4 is 0 Å². The number of hydrogen-bond donors (Lipinski definition) is 0. The minimum absolute atomic E-state index is 0.889. The monoisotopic (exact) mass is 382 g/mol. The highest BCUT2D eigenvalue weighted by Gasteiger charge is 2.34. The first-order valence-electron chi connectivity index (χ1n) is 7.65. The first-order chi connectivity index (χ1) is 11.9. The SMILES string of the molecule is CC(C)c1c(F)c(F)c(F)c(-c2c(F)c(F)c(F)c(F)c2C(C)C)c1F. The van der Waals surface area contributed by atoms with E-state index in [1.165, 1.54) is 27.7 Å². The first-order valence-corrected chi connectivity index (χ1v) is 7.65. The second-order valence-electron chi connectivity index (χ2n) is 6.40. The lowest BCUT2D eigenvalue weighted by molar-refractivity contribution is 0.400. The third-order valence-electron chi connectivity index (χ3n) is 4.01. The smallest absolute Gasteiger partial charge is 0.198 e. The summed E-state index contributed by atoms with van der Waals surface area (Å²) in [7, 11) is 0. The third kappa shape index (κ3) is 2.85. The molecule has 0 N–H and O–H groups in total. The quantitative estimate of drug-likeness (QED) is 0.314. The van der Waals surface area contributed by atoms with Gasteiger partial charge in [0.25, 0.3) is 0 Å². The molecule has 0 heterocycles. The van der Waals surface area contributed by atoms with Gasteiger partial charge >= 0.3 is 0 Å². The topological polar surface area (TPSA) is 0 Å². The molecule has 2 aromatic carbocycles. The van der Waals surface area contributed by atoms with Gasteiger partial charge in [0.15, 0.2) is 40.7 Å². The molecule has 0 nitrogen and oxygen atoms in total. The van der Waals surface area contributed by atoms with E-state index >= 15 is 0 Å². The largest absolute Gasteiger partial charge is 0.206 e. The van der Waals surface area contributed by atoms with E-state index in [-0.39, 0.29) is 0 Å². The van der Waals surface area contributed by atoms with Crippen LogP contribution in [0.3, 0.4) is 0 Å². The molecule has 0 unspecified atom stereocenters. The molecule has 0 saturated carbocycles. The van der Waals surface area contributed by atoms with Gasteiger partial charge < -0.3 is 0 Å². The van der Waals surface area contributed by atoms with Crippen molar-refractivity contribution in [1.82, 2.24) is 0 Å². The molecule has 0 atom stereocenters. The van der Waals surface area contributed by atoms with Crippen LogP contribution in [0.1, 0.15) is 50.7 Å². The molecule has 0 saturated heterocycles. The van der Waals surface area contributed by atoms with Crippen LogP contribution >= 0.6 is 0 Å². The van der Waals surface area contributed by atoms with Gasteiger partial charge in [-0.25, -0.2) is 35.1 Å². The molecular formula is C18H14F8. The van der Waals surface area contributed by atoms with E-state index in [9.17, 15) is 35.1 Å². The Bertz CT molecular complexity index is 884. The average molecular weight is 382 g/mol. The van der Waals surface area contributed by atoms with E-state index in [1.807, 2.05) is 0 Å². The molecule has 0 aliphatic heterocycles. The predicted molar refractivity (Wildman–Crippen MR) is 79.7 cm³/mol. The zero-order chi connectivity index (χ0) is 20.1. The molecule has 0 amide bonds. The van der Waals surface area contributed by atoms with Crippen molar-refractivity contribution in [2.24, 2.45) is 0 Å². The minimum atomic E-state index is -2.31. The summed E-state index contributed by atoms with van der Waals surface area (Å²) in [6.07, 6.45) is 0. The zero-order valence-corrected chi connectivity index (χ0v) is 14.2. The molecule has 142 valence electrons. The predicted octanol–water partition coefficient (Wildman–Crippen LogP) is 6.71. The molecule has 8 heteroatoms. The van der Waals surface area contributed by atoms with Crippen molar-refractivity contribution in [2.75, 3.05) is 0 Å². The summed E-state index contributed by atoms with van der Waals surface area (Å²) in [5, 5.41) is 0. The van der Waals surface area contributed by atoms with E-state index in [4.69, 9.17) is 0 Å². The third-order valence-corrected chi connectivity index (χ3v) is 4.01. The fourth-order valence-electron chi connectivity index (χ4n) is 2.81. The fraction of sp³-hybridized carbons (Fsp3) is 0.333. The highest BCUT2D eigenvalue weighted by Crippen LogP contribution is 2.42. The molecule has 0 radical (unpaired) electrons. The highest BCUT2D eigenvalue weighted by molar-refractivity contribution is 5.72. The van der Waals surface area contributed by atoms with Gasteiger partial charge in [-0.15, -0.1) is 0 Å². The second-order valence-corrected chi connectivity index (χ2v) is 6.40. The van der Waals surface area contributed by atoms with Crippen molar-refractivity contribution in [3.8, 4) is 11.1 Å². The van der Waals surface area contributed by atoms with Gasteiger partial charge in [-0.2, -0.15) is 0 Å². The lowest BCUT2D eigenvalue weighted by Gasteiger charge is -2.20. The fourth-order valence-corrected chi connectivity index (χ4v) is 2.81. The first kappa shape index (κ1) is 20.2. The Balaban J connectivity index is 3.12. The molecule has 0 spiro atoms. The summed E-state index contributed by atoms with van der Waals surface area (Å²) >= 11 is 0. The molecule has 0 fully saturated rings. The molecule has 2 rings (SSSR count). The molecule has 0 aromatic heterocycles. The van der Waals surface area contributed by atoms with Gasteiger partial charge in [0.1, 0.15) is 5.82 Å². The number of benzene rings is 2. The number of rotatable bonds is 3. The maximum atomic E-state index is 14.7. The molecule has 0 aliphatic carbocycles. The minimum Gasteiger partial charge on any atom is -0.206 e. The van der Waals surface area contributed by atoms with E-state index in [2.05, 4.69) is 0 Å². The maximum absolute atomic E-state index is 14.7. The van der Waals surface area contributed by atoms with E-state index in [1.54, 1.807) is 0 Å². The highest BCUT2D eigenvalue weighted by atomic mass is 19.2. The van der Waals surface area contributed by atoms with Crippen LogP contribution in [0.25, 0.3) is 11.1 Å². The summed E-state index contributed by atoms with van der Waals surface area (Å²) < 4.78 is 113. The Hall–Kier alpha value is -2.12. The van der Waals surface area contributed by atoms with E-state index in [0.29, 0.717) is 0 Å². The van der Waals surface area contributed by atoms with Gasteiger partial charge in [-0.05, 0) is 11.8 Å². The van der Waals surface area contributed by atoms with Crippen molar-refractivity contribution in [3.05, 3.63) is 57.7 Å². The van der Waals surface area contributed by atoms with Gasteiger partial charge in [-0.3, -0.25) is 0 Å². The second kappa shape index (κ2) is 6.89. The zero-order valence-electron chi connectivity index (χ0n) is 14.2. The van der Waals surface area contributed by atoms with Crippen LogP contribution in [-0.2, 0) is 0 Å². The van der Waals surface area contributed by atoms with Crippen molar-refractivity contribution in [3.63, 3.8) is 0 Å². The summed E-state index contributed by atoms with van der Waals surface area (Å²) in [5.74, 6) is -18.3. The van der Waals surface area contributed by atoms with Crippen LogP contribution in [0.15, 0.2) is 0 Å².